The summed E-state index contributed by atoms with van der Waals surface area (Å²) in [6.07, 6.45) is 1.70. The van der Waals surface area contributed by atoms with Crippen molar-refractivity contribution in [3.05, 3.63) is 17.8 Å². The Balaban J connectivity index is 2.56. The van der Waals surface area contributed by atoms with E-state index in [1.54, 1.807) is 6.20 Å². The number of nitrogens with zero attached hydrogens (tertiary/aromatic N) is 1. The predicted octanol–water partition coefficient (Wildman–Crippen LogP) is 1.78. The lowest BCUT2D eigenvalue weighted by Gasteiger charge is -2.14. The molecule has 0 radical (unpaired) electrons. The minimum Gasteiger partial charge on any atom is -0.471 e. The molecule has 4 nitrogen and oxygen atoms in total. The van der Waals surface area contributed by atoms with Gasteiger partial charge in [-0.15, -0.1) is 0 Å². The van der Waals surface area contributed by atoms with Gasteiger partial charge < -0.3 is 15.2 Å². The highest BCUT2D eigenvalue weighted by atomic mass is 16.5. The zero-order valence-corrected chi connectivity index (χ0v) is 9.49. The molecule has 1 atom stereocenters. The van der Waals surface area contributed by atoms with Crippen LogP contribution in [0.4, 0.5) is 5.69 Å². The molecule has 1 unspecified atom stereocenters. The van der Waals surface area contributed by atoms with E-state index in [0.29, 0.717) is 24.8 Å². The Hall–Kier alpha value is -1.29. The summed E-state index contributed by atoms with van der Waals surface area (Å²) >= 11 is 0. The summed E-state index contributed by atoms with van der Waals surface area (Å²) in [5.74, 6) is 0.479. The molecule has 1 heterocycles. The third-order valence-corrected chi connectivity index (χ3v) is 1.89. The largest absolute Gasteiger partial charge is 0.471 e. The third kappa shape index (κ3) is 3.75. The molecule has 0 aromatic carbocycles. The van der Waals surface area contributed by atoms with Gasteiger partial charge in [-0.1, -0.05) is 0 Å². The number of pyridine rings is 1. The van der Waals surface area contributed by atoms with E-state index in [1.807, 2.05) is 26.8 Å². The van der Waals surface area contributed by atoms with Crippen molar-refractivity contribution in [2.45, 2.75) is 26.9 Å². The van der Waals surface area contributed by atoms with Crippen molar-refractivity contribution in [3.8, 4) is 5.88 Å². The van der Waals surface area contributed by atoms with Crippen molar-refractivity contribution in [1.29, 1.82) is 0 Å². The van der Waals surface area contributed by atoms with Gasteiger partial charge in [0.1, 0.15) is 6.10 Å². The van der Waals surface area contributed by atoms with Crippen LogP contribution in [-0.2, 0) is 4.74 Å². The Morgan fingerprint density at radius 1 is 1.53 bits per heavy atom. The summed E-state index contributed by atoms with van der Waals surface area (Å²) in [6, 6.07) is 1.84. The lowest BCUT2D eigenvalue weighted by atomic mass is 10.3. The van der Waals surface area contributed by atoms with Gasteiger partial charge in [0.2, 0.25) is 5.88 Å². The van der Waals surface area contributed by atoms with Crippen LogP contribution in [0.2, 0.25) is 0 Å². The molecule has 0 amide bonds. The molecule has 15 heavy (non-hydrogen) atoms. The molecule has 1 aromatic rings. The minimum atomic E-state index is -0.0394. The summed E-state index contributed by atoms with van der Waals surface area (Å²) in [5, 5.41) is 0. The van der Waals surface area contributed by atoms with Crippen molar-refractivity contribution >= 4 is 5.69 Å². The Kier molecular flexibility index (Phi) is 4.37. The molecule has 0 saturated heterocycles. The Morgan fingerprint density at radius 2 is 2.27 bits per heavy atom. The first-order valence-electron chi connectivity index (χ1n) is 5.10. The lowest BCUT2D eigenvalue weighted by Crippen LogP contribution is -2.20. The fraction of sp³-hybridized carbons (Fsp3) is 0.545. The third-order valence-electron chi connectivity index (χ3n) is 1.89. The topological polar surface area (TPSA) is 57.4 Å². The standard InChI is InChI=1S/C11H18N2O2/c1-4-14-7-9(3)15-11-10(12)5-8(2)6-13-11/h5-6,9H,4,7,12H2,1-3H3. The molecular weight excluding hydrogens is 192 g/mol. The van der Waals surface area contributed by atoms with E-state index in [9.17, 15) is 0 Å². The highest BCUT2D eigenvalue weighted by molar-refractivity contribution is 5.49. The van der Waals surface area contributed by atoms with Crippen molar-refractivity contribution in [1.82, 2.24) is 4.98 Å². The summed E-state index contributed by atoms with van der Waals surface area (Å²) in [4.78, 5) is 4.12. The number of hydrogen-bond donors (Lipinski definition) is 1. The number of nitrogen functional groups attached to an aromatic ring is 1. The van der Waals surface area contributed by atoms with E-state index >= 15 is 0 Å². The zero-order chi connectivity index (χ0) is 11.3. The molecule has 0 aliphatic heterocycles. The van der Waals surface area contributed by atoms with E-state index in [4.69, 9.17) is 15.2 Å². The molecule has 1 aromatic heterocycles. The second-order valence-corrected chi connectivity index (χ2v) is 3.49. The van der Waals surface area contributed by atoms with Crippen LogP contribution in [0.15, 0.2) is 12.3 Å². The van der Waals surface area contributed by atoms with Crippen LogP contribution in [0.5, 0.6) is 5.88 Å². The van der Waals surface area contributed by atoms with E-state index in [1.165, 1.54) is 0 Å². The van der Waals surface area contributed by atoms with Gasteiger partial charge >= 0.3 is 0 Å². The first-order chi connectivity index (χ1) is 7.13. The van der Waals surface area contributed by atoms with Crippen molar-refractivity contribution in [2.24, 2.45) is 0 Å². The maximum Gasteiger partial charge on any atom is 0.237 e. The lowest BCUT2D eigenvalue weighted by molar-refractivity contribution is 0.0638. The van der Waals surface area contributed by atoms with Crippen molar-refractivity contribution < 1.29 is 9.47 Å². The predicted molar refractivity (Wildman–Crippen MR) is 60.0 cm³/mol. The highest BCUT2D eigenvalue weighted by Crippen LogP contribution is 2.19. The maximum absolute atomic E-state index is 5.77. The summed E-state index contributed by atoms with van der Waals surface area (Å²) < 4.78 is 10.8. The summed E-state index contributed by atoms with van der Waals surface area (Å²) in [7, 11) is 0. The van der Waals surface area contributed by atoms with Gasteiger partial charge in [-0.05, 0) is 32.4 Å². The molecule has 1 rings (SSSR count). The molecule has 84 valence electrons. The van der Waals surface area contributed by atoms with Gasteiger partial charge in [0.05, 0.1) is 12.3 Å². The van der Waals surface area contributed by atoms with E-state index in [-0.39, 0.29) is 6.10 Å². The summed E-state index contributed by atoms with van der Waals surface area (Å²) in [6.45, 7) is 7.05. The van der Waals surface area contributed by atoms with E-state index in [2.05, 4.69) is 4.98 Å². The molecule has 4 heteroatoms. The number of nitrogens with two attached hydrogens (primary N) is 1. The van der Waals surface area contributed by atoms with Crippen molar-refractivity contribution in [3.63, 3.8) is 0 Å². The number of ether oxygens (including phenoxy) is 2. The smallest absolute Gasteiger partial charge is 0.237 e. The van der Waals surface area contributed by atoms with E-state index < -0.39 is 0 Å². The first kappa shape index (κ1) is 11.8. The van der Waals surface area contributed by atoms with Gasteiger partial charge in [-0.2, -0.15) is 0 Å². The average molecular weight is 210 g/mol. The fourth-order valence-electron chi connectivity index (χ4n) is 1.19. The van der Waals surface area contributed by atoms with Gasteiger partial charge in [0, 0.05) is 12.8 Å². The first-order valence-corrected chi connectivity index (χ1v) is 5.10. The zero-order valence-electron chi connectivity index (χ0n) is 9.49. The SMILES string of the molecule is CCOCC(C)Oc1ncc(C)cc1N. The van der Waals surface area contributed by atoms with Gasteiger partial charge in [0.15, 0.2) is 0 Å². The monoisotopic (exact) mass is 210 g/mol. The second-order valence-electron chi connectivity index (χ2n) is 3.49. The normalized spacial score (nSPS) is 12.5. The fourth-order valence-corrected chi connectivity index (χ4v) is 1.19. The molecule has 0 saturated carbocycles. The number of aryl methyl sites for hydroxylation is 1. The number of hydrogen-bond acceptors (Lipinski definition) is 4. The van der Waals surface area contributed by atoms with Crippen LogP contribution < -0.4 is 10.5 Å². The molecule has 0 spiro atoms. The van der Waals surface area contributed by atoms with Crippen LogP contribution in [-0.4, -0.2) is 24.3 Å². The Morgan fingerprint density at radius 3 is 2.87 bits per heavy atom. The minimum absolute atomic E-state index is 0.0394. The molecular formula is C11H18N2O2. The highest BCUT2D eigenvalue weighted by Gasteiger charge is 2.07. The van der Waals surface area contributed by atoms with Gasteiger partial charge in [0.25, 0.3) is 0 Å². The van der Waals surface area contributed by atoms with Crippen LogP contribution in [0.25, 0.3) is 0 Å². The van der Waals surface area contributed by atoms with Gasteiger partial charge in [-0.25, -0.2) is 4.98 Å². The maximum atomic E-state index is 5.77. The van der Waals surface area contributed by atoms with Crippen LogP contribution in [0.3, 0.4) is 0 Å². The number of rotatable bonds is 5. The van der Waals surface area contributed by atoms with Crippen LogP contribution in [0.1, 0.15) is 19.4 Å². The second kappa shape index (κ2) is 5.56. The Labute approximate surface area is 90.4 Å². The molecule has 0 aliphatic rings. The molecule has 0 aliphatic carbocycles. The van der Waals surface area contributed by atoms with Gasteiger partial charge in [-0.3, -0.25) is 0 Å². The Bertz CT molecular complexity index is 315. The molecule has 0 fully saturated rings. The van der Waals surface area contributed by atoms with Crippen LogP contribution in [0, 0.1) is 6.92 Å². The van der Waals surface area contributed by atoms with Crippen LogP contribution >= 0.6 is 0 Å². The molecule has 2 N–H and O–H groups in total. The average Bonchev–Trinajstić information content (AvgIpc) is 2.19. The summed E-state index contributed by atoms with van der Waals surface area (Å²) in [5.41, 5.74) is 7.36. The molecule has 0 bridgehead atoms. The quantitative estimate of drug-likeness (QED) is 0.804. The van der Waals surface area contributed by atoms with E-state index in [0.717, 1.165) is 5.56 Å². The number of anilines is 1. The van der Waals surface area contributed by atoms with Crippen molar-refractivity contribution in [2.75, 3.05) is 18.9 Å². The number of aromatic nitrogens is 1.